The zero-order valence-electron chi connectivity index (χ0n) is 13.4. The van der Waals surface area contributed by atoms with Crippen molar-refractivity contribution in [3.63, 3.8) is 0 Å². The van der Waals surface area contributed by atoms with Gasteiger partial charge in [0.15, 0.2) is 17.5 Å². The van der Waals surface area contributed by atoms with E-state index in [9.17, 15) is 18.3 Å². The van der Waals surface area contributed by atoms with Gasteiger partial charge in [0.25, 0.3) is 0 Å². The summed E-state index contributed by atoms with van der Waals surface area (Å²) in [5, 5.41) is 13.9. The lowest BCUT2D eigenvalue weighted by Crippen LogP contribution is -2.45. The molecule has 8 heteroatoms. The van der Waals surface area contributed by atoms with Crippen molar-refractivity contribution >= 4 is 0 Å². The second-order valence-corrected chi connectivity index (χ2v) is 6.55. The van der Waals surface area contributed by atoms with Crippen molar-refractivity contribution in [3.8, 4) is 11.4 Å². The number of halogens is 3. The third kappa shape index (κ3) is 3.29. The molecule has 1 N–H and O–H groups in total. The molecule has 1 aliphatic heterocycles. The van der Waals surface area contributed by atoms with Crippen molar-refractivity contribution in [1.82, 2.24) is 15.0 Å². The molecule has 1 saturated heterocycles. The monoisotopic (exact) mass is 341 g/mol. The van der Waals surface area contributed by atoms with E-state index in [1.54, 1.807) is 13.8 Å². The zero-order valence-corrected chi connectivity index (χ0v) is 13.4. The Morgan fingerprint density at radius 3 is 2.58 bits per heavy atom. The molecule has 1 atom stereocenters. The molecule has 0 spiro atoms. The van der Waals surface area contributed by atoms with Crippen LogP contribution in [0.3, 0.4) is 0 Å². The van der Waals surface area contributed by atoms with Crippen LogP contribution in [0.5, 0.6) is 0 Å². The van der Waals surface area contributed by atoms with Crippen LogP contribution in [0.4, 0.5) is 13.2 Å². The van der Waals surface area contributed by atoms with Crippen LogP contribution in [0.25, 0.3) is 11.4 Å². The summed E-state index contributed by atoms with van der Waals surface area (Å²) in [7, 11) is 0. The summed E-state index contributed by atoms with van der Waals surface area (Å²) in [6.07, 6.45) is 1.81. The molecule has 2 heterocycles. The minimum atomic E-state index is -1.53. The van der Waals surface area contributed by atoms with Gasteiger partial charge in [0.1, 0.15) is 0 Å². The van der Waals surface area contributed by atoms with E-state index in [1.807, 2.05) is 4.90 Å². The Morgan fingerprint density at radius 1 is 1.29 bits per heavy atom. The average molecular weight is 341 g/mol. The van der Waals surface area contributed by atoms with Crippen molar-refractivity contribution in [2.45, 2.75) is 44.9 Å². The molecular weight excluding hydrogens is 323 g/mol. The van der Waals surface area contributed by atoms with Crippen LogP contribution in [0.15, 0.2) is 16.7 Å². The second-order valence-electron chi connectivity index (χ2n) is 6.55. The fraction of sp³-hybridized carbons (Fsp3) is 0.500. The molecule has 130 valence electrons. The maximum atomic E-state index is 13.3. The predicted octanol–water partition coefficient (Wildman–Crippen LogP) is 2.89. The minimum absolute atomic E-state index is 0.00172. The first-order valence-electron chi connectivity index (χ1n) is 7.69. The van der Waals surface area contributed by atoms with Gasteiger partial charge in [-0.3, -0.25) is 4.90 Å². The van der Waals surface area contributed by atoms with E-state index < -0.39 is 23.1 Å². The van der Waals surface area contributed by atoms with Crippen molar-refractivity contribution in [2.24, 2.45) is 0 Å². The Balaban J connectivity index is 1.79. The van der Waals surface area contributed by atoms with Crippen LogP contribution in [0, 0.1) is 17.5 Å². The van der Waals surface area contributed by atoms with Crippen LogP contribution in [0.2, 0.25) is 0 Å². The van der Waals surface area contributed by atoms with Crippen molar-refractivity contribution < 1.29 is 22.8 Å². The summed E-state index contributed by atoms with van der Waals surface area (Å²) in [6.45, 7) is 4.61. The molecule has 0 amide bonds. The Kier molecular flexibility index (Phi) is 4.35. The Morgan fingerprint density at radius 2 is 1.96 bits per heavy atom. The molecule has 24 heavy (non-hydrogen) atoms. The topological polar surface area (TPSA) is 62.4 Å². The molecular formula is C16H18F3N3O2. The van der Waals surface area contributed by atoms with Gasteiger partial charge in [-0.15, -0.1) is 0 Å². The van der Waals surface area contributed by atoms with Gasteiger partial charge in [-0.05, 0) is 45.4 Å². The minimum Gasteiger partial charge on any atom is -0.389 e. The molecule has 0 saturated carbocycles. The van der Waals surface area contributed by atoms with E-state index in [0.29, 0.717) is 6.54 Å². The molecule has 1 aliphatic rings. The number of nitrogens with zero attached hydrogens (tertiary/aromatic N) is 3. The number of hydrogen-bond donors (Lipinski definition) is 1. The normalized spacial score (nSPS) is 19.2. The summed E-state index contributed by atoms with van der Waals surface area (Å²) in [4.78, 5) is 6.15. The quantitative estimate of drug-likeness (QED) is 0.867. The average Bonchev–Trinajstić information content (AvgIpc) is 3.13. The first kappa shape index (κ1) is 16.9. The molecule has 0 bridgehead atoms. The maximum Gasteiger partial charge on any atom is 0.241 e. The lowest BCUT2D eigenvalue weighted by molar-refractivity contribution is -0.00774. The van der Waals surface area contributed by atoms with Crippen LogP contribution in [0.1, 0.15) is 32.6 Å². The van der Waals surface area contributed by atoms with Crippen molar-refractivity contribution in [2.75, 3.05) is 6.54 Å². The summed E-state index contributed by atoms with van der Waals surface area (Å²) in [5.41, 5.74) is -0.857. The smallest absolute Gasteiger partial charge is 0.241 e. The molecule has 1 unspecified atom stereocenters. The standard InChI is InChI=1S/C16H18F3N3O2/c1-16(2,23)12-4-3-5-22(12)8-13-20-15(21-24-13)9-6-10(17)14(19)11(18)7-9/h6-7,12,23H,3-5,8H2,1-2H3. The van der Waals surface area contributed by atoms with E-state index in [1.165, 1.54) is 0 Å². The van der Waals surface area contributed by atoms with Crippen LogP contribution in [-0.2, 0) is 6.54 Å². The van der Waals surface area contributed by atoms with Gasteiger partial charge in [0.05, 0.1) is 12.1 Å². The van der Waals surface area contributed by atoms with Crippen molar-refractivity contribution in [1.29, 1.82) is 0 Å². The van der Waals surface area contributed by atoms with Gasteiger partial charge < -0.3 is 9.63 Å². The first-order chi connectivity index (χ1) is 11.3. The second kappa shape index (κ2) is 6.18. The van der Waals surface area contributed by atoms with Crippen molar-refractivity contribution in [3.05, 3.63) is 35.5 Å². The lowest BCUT2D eigenvalue weighted by atomic mass is 9.97. The highest BCUT2D eigenvalue weighted by Gasteiger charge is 2.36. The van der Waals surface area contributed by atoms with Gasteiger partial charge in [-0.25, -0.2) is 13.2 Å². The first-order valence-corrected chi connectivity index (χ1v) is 7.69. The molecule has 1 aromatic carbocycles. The van der Waals surface area contributed by atoms with E-state index in [0.717, 1.165) is 31.5 Å². The van der Waals surface area contributed by atoms with Crippen LogP contribution in [-0.4, -0.2) is 38.3 Å². The third-order valence-corrected chi connectivity index (χ3v) is 4.23. The third-order valence-electron chi connectivity index (χ3n) is 4.23. The van der Waals surface area contributed by atoms with Crippen LogP contribution < -0.4 is 0 Å². The fourth-order valence-corrected chi connectivity index (χ4v) is 3.11. The molecule has 3 rings (SSSR count). The van der Waals surface area contributed by atoms with Gasteiger partial charge in [-0.2, -0.15) is 4.98 Å². The Bertz CT molecular complexity index is 719. The zero-order chi connectivity index (χ0) is 17.5. The molecule has 0 radical (unpaired) electrons. The number of aromatic nitrogens is 2. The number of rotatable bonds is 4. The van der Waals surface area contributed by atoms with E-state index in [4.69, 9.17) is 4.52 Å². The summed E-state index contributed by atoms with van der Waals surface area (Å²) >= 11 is 0. The van der Waals surface area contributed by atoms with Gasteiger partial charge in [0, 0.05) is 11.6 Å². The Hall–Kier alpha value is -1.93. The van der Waals surface area contributed by atoms with Gasteiger partial charge in [0.2, 0.25) is 11.7 Å². The van der Waals surface area contributed by atoms with E-state index >= 15 is 0 Å². The SMILES string of the molecule is CC(C)(O)C1CCCN1Cc1nc(-c2cc(F)c(F)c(F)c2)no1. The van der Waals surface area contributed by atoms with Gasteiger partial charge in [-0.1, -0.05) is 5.16 Å². The summed E-state index contributed by atoms with van der Waals surface area (Å²) < 4.78 is 44.8. The highest BCUT2D eigenvalue weighted by atomic mass is 19.2. The molecule has 2 aromatic rings. The predicted molar refractivity (Wildman–Crippen MR) is 79.3 cm³/mol. The highest BCUT2D eigenvalue weighted by Crippen LogP contribution is 2.28. The van der Waals surface area contributed by atoms with E-state index in [-0.39, 0.29) is 23.3 Å². The lowest BCUT2D eigenvalue weighted by Gasteiger charge is -2.32. The molecule has 0 aliphatic carbocycles. The molecule has 1 aromatic heterocycles. The highest BCUT2D eigenvalue weighted by molar-refractivity contribution is 5.54. The number of aliphatic hydroxyl groups is 1. The van der Waals surface area contributed by atoms with Crippen LogP contribution >= 0.6 is 0 Å². The summed E-state index contributed by atoms with van der Waals surface area (Å²) in [6, 6.07) is 1.61. The number of benzene rings is 1. The number of hydrogen-bond acceptors (Lipinski definition) is 5. The molecule has 1 fully saturated rings. The summed E-state index contributed by atoms with van der Waals surface area (Å²) in [5.74, 6) is -3.89. The molecule has 5 nitrogen and oxygen atoms in total. The Labute approximate surface area is 137 Å². The fourth-order valence-electron chi connectivity index (χ4n) is 3.11. The largest absolute Gasteiger partial charge is 0.389 e. The number of likely N-dealkylation sites (tertiary alicyclic amines) is 1. The maximum absolute atomic E-state index is 13.3. The van der Waals surface area contributed by atoms with E-state index in [2.05, 4.69) is 10.1 Å². The van der Waals surface area contributed by atoms with Gasteiger partial charge >= 0.3 is 0 Å².